The lowest BCUT2D eigenvalue weighted by atomic mass is 10.4. The normalized spacial score (nSPS) is 12.3. The Hall–Kier alpha value is -1.29. The number of methoxy groups -OCH3 is 1. The Morgan fingerprint density at radius 3 is 2.33 bits per heavy atom. The maximum Gasteiger partial charge on any atom is 0.573 e. The van der Waals surface area contributed by atoms with Crippen LogP contribution in [0.25, 0.3) is 0 Å². The highest BCUT2D eigenvalue weighted by molar-refractivity contribution is 8.13. The molecule has 1 heterocycles. The van der Waals surface area contributed by atoms with Gasteiger partial charge in [-0.2, -0.15) is 4.98 Å². The molecule has 1 aromatic heterocycles. The van der Waals surface area contributed by atoms with Crippen molar-refractivity contribution in [2.24, 2.45) is 0 Å². The van der Waals surface area contributed by atoms with Crippen LogP contribution in [-0.2, 0) is 9.05 Å². The van der Waals surface area contributed by atoms with Crippen LogP contribution in [0.2, 0.25) is 0 Å². The molecule has 1 aromatic rings. The third-order valence-electron chi connectivity index (χ3n) is 1.53. The largest absolute Gasteiger partial charge is 0.573 e. The first-order valence-electron chi connectivity index (χ1n) is 3.99. The lowest BCUT2D eigenvalue weighted by Crippen LogP contribution is -2.19. The van der Waals surface area contributed by atoms with Gasteiger partial charge in [-0.3, -0.25) is 0 Å². The Kier molecular flexibility index (Phi) is 3.91. The maximum atomic E-state index is 13.3. The van der Waals surface area contributed by atoms with E-state index in [4.69, 9.17) is 10.7 Å². The van der Waals surface area contributed by atoms with Crippen LogP contribution >= 0.6 is 10.7 Å². The van der Waals surface area contributed by atoms with Crippen LogP contribution < -0.4 is 9.47 Å². The van der Waals surface area contributed by atoms with Crippen molar-refractivity contribution in [3.63, 3.8) is 0 Å². The summed E-state index contributed by atoms with van der Waals surface area (Å²) in [5.41, 5.74) is 0. The molecule has 0 amide bonds. The molecule has 11 heteroatoms. The molecule has 102 valence electrons. The van der Waals surface area contributed by atoms with Gasteiger partial charge in [0.25, 0.3) is 14.9 Å². The van der Waals surface area contributed by atoms with E-state index in [-0.39, 0.29) is 6.07 Å². The molecule has 0 spiro atoms. The molecule has 1 rings (SSSR count). The topological polar surface area (TPSA) is 65.5 Å². The summed E-state index contributed by atoms with van der Waals surface area (Å²) in [5, 5.41) is -0.993. The SMILES string of the molecule is COc1nc(S(=O)(=O)Cl)cc(F)c1OC(F)(F)F. The molecule has 0 radical (unpaired) electrons. The van der Waals surface area contributed by atoms with Crippen LogP contribution in [0.1, 0.15) is 0 Å². The second-order valence-corrected chi connectivity index (χ2v) is 5.28. The molecule has 0 fully saturated rings. The zero-order valence-electron chi connectivity index (χ0n) is 8.46. The minimum Gasteiger partial charge on any atom is -0.478 e. The van der Waals surface area contributed by atoms with Gasteiger partial charge in [0.1, 0.15) is 0 Å². The summed E-state index contributed by atoms with van der Waals surface area (Å²) < 4.78 is 78.5. The van der Waals surface area contributed by atoms with Crippen LogP contribution in [-0.4, -0.2) is 26.9 Å². The molecule has 5 nitrogen and oxygen atoms in total. The molecule has 0 bridgehead atoms. The quantitative estimate of drug-likeness (QED) is 0.631. The van der Waals surface area contributed by atoms with E-state index in [1.54, 1.807) is 0 Å². The van der Waals surface area contributed by atoms with Crippen molar-refractivity contribution < 1.29 is 35.5 Å². The zero-order valence-corrected chi connectivity index (χ0v) is 10.0. The van der Waals surface area contributed by atoms with Crippen LogP contribution in [0.15, 0.2) is 11.1 Å². The number of nitrogens with zero attached hydrogens (tertiary/aromatic N) is 1. The third kappa shape index (κ3) is 3.60. The third-order valence-corrected chi connectivity index (χ3v) is 2.72. The summed E-state index contributed by atoms with van der Waals surface area (Å²) >= 11 is 0. The van der Waals surface area contributed by atoms with Gasteiger partial charge < -0.3 is 9.47 Å². The van der Waals surface area contributed by atoms with Gasteiger partial charge >= 0.3 is 6.36 Å². The first kappa shape index (κ1) is 14.8. The van der Waals surface area contributed by atoms with E-state index in [0.717, 1.165) is 7.11 Å². The predicted molar refractivity (Wildman–Crippen MR) is 50.5 cm³/mol. The second-order valence-electron chi connectivity index (χ2n) is 2.77. The molecule has 0 aromatic carbocycles. The standard InChI is InChI=1S/C7H4ClF4NO4S/c1-16-6-5(17-7(10,11)12)3(9)2-4(13-6)18(8,14)15/h2H,1H3. The molecule has 0 N–H and O–H groups in total. The van der Waals surface area contributed by atoms with Crippen molar-refractivity contribution >= 4 is 19.7 Å². The summed E-state index contributed by atoms with van der Waals surface area (Å²) in [6.45, 7) is 0. The minimum absolute atomic E-state index is 0.186. The summed E-state index contributed by atoms with van der Waals surface area (Å²) in [5.74, 6) is -4.00. The molecule has 0 aliphatic rings. The van der Waals surface area contributed by atoms with E-state index >= 15 is 0 Å². The van der Waals surface area contributed by atoms with Crippen LogP contribution in [0.5, 0.6) is 11.6 Å². The number of hydrogen-bond acceptors (Lipinski definition) is 5. The average Bonchev–Trinajstić information content (AvgIpc) is 2.17. The van der Waals surface area contributed by atoms with Crippen molar-refractivity contribution in [2.75, 3.05) is 7.11 Å². The van der Waals surface area contributed by atoms with Crippen molar-refractivity contribution in [2.45, 2.75) is 11.4 Å². The van der Waals surface area contributed by atoms with Gasteiger partial charge in [-0.15, -0.1) is 13.2 Å². The summed E-state index contributed by atoms with van der Waals surface area (Å²) in [6.07, 6.45) is -5.18. The zero-order chi connectivity index (χ0) is 14.1. The van der Waals surface area contributed by atoms with Crippen LogP contribution in [0.4, 0.5) is 17.6 Å². The Balaban J connectivity index is 3.38. The number of rotatable bonds is 3. The van der Waals surface area contributed by atoms with Crippen LogP contribution in [0, 0.1) is 5.82 Å². The molecular formula is C7H4ClF4NO4S. The van der Waals surface area contributed by atoms with E-state index < -0.39 is 37.9 Å². The molecular weight excluding hydrogens is 306 g/mol. The van der Waals surface area contributed by atoms with Crippen molar-refractivity contribution in [3.8, 4) is 11.6 Å². The molecule has 0 aliphatic heterocycles. The Morgan fingerprint density at radius 1 is 1.39 bits per heavy atom. The fourth-order valence-corrected chi connectivity index (χ4v) is 1.60. The Bertz CT molecular complexity index is 559. The minimum atomic E-state index is -5.18. The molecule has 18 heavy (non-hydrogen) atoms. The van der Waals surface area contributed by atoms with Gasteiger partial charge in [-0.1, -0.05) is 0 Å². The number of halogens is 5. The van der Waals surface area contributed by atoms with E-state index in [2.05, 4.69) is 14.5 Å². The van der Waals surface area contributed by atoms with Crippen molar-refractivity contribution in [1.29, 1.82) is 0 Å². The highest BCUT2D eigenvalue weighted by Gasteiger charge is 2.35. The van der Waals surface area contributed by atoms with Gasteiger partial charge in [0, 0.05) is 16.7 Å². The fraction of sp³-hybridized carbons (Fsp3) is 0.286. The van der Waals surface area contributed by atoms with Crippen molar-refractivity contribution in [1.82, 2.24) is 4.98 Å². The van der Waals surface area contributed by atoms with Gasteiger partial charge in [0.15, 0.2) is 10.8 Å². The lowest BCUT2D eigenvalue weighted by molar-refractivity contribution is -0.276. The number of pyridine rings is 1. The Labute approximate surface area is 103 Å². The van der Waals surface area contributed by atoms with Gasteiger partial charge in [0.2, 0.25) is 5.75 Å². The lowest BCUT2D eigenvalue weighted by Gasteiger charge is -2.12. The summed E-state index contributed by atoms with van der Waals surface area (Å²) in [6, 6.07) is 0.186. The number of alkyl halides is 3. The van der Waals surface area contributed by atoms with Crippen LogP contribution in [0.3, 0.4) is 0 Å². The number of hydrogen-bond donors (Lipinski definition) is 0. The van der Waals surface area contributed by atoms with E-state index in [1.165, 1.54) is 0 Å². The van der Waals surface area contributed by atoms with E-state index in [1.807, 2.05) is 0 Å². The van der Waals surface area contributed by atoms with Gasteiger partial charge in [-0.25, -0.2) is 12.8 Å². The predicted octanol–water partition coefficient (Wildman–Crippen LogP) is 2.06. The highest BCUT2D eigenvalue weighted by atomic mass is 35.7. The average molecular weight is 310 g/mol. The molecule has 0 saturated carbocycles. The molecule has 0 unspecified atom stereocenters. The van der Waals surface area contributed by atoms with E-state index in [0.29, 0.717) is 0 Å². The maximum absolute atomic E-state index is 13.3. The summed E-state index contributed by atoms with van der Waals surface area (Å²) in [4.78, 5) is 3.10. The Morgan fingerprint density at radius 2 is 1.94 bits per heavy atom. The molecule has 0 aliphatic carbocycles. The smallest absolute Gasteiger partial charge is 0.478 e. The number of aromatic nitrogens is 1. The second kappa shape index (κ2) is 4.76. The first-order chi connectivity index (χ1) is 8.04. The highest BCUT2D eigenvalue weighted by Crippen LogP contribution is 2.34. The summed E-state index contributed by atoms with van der Waals surface area (Å²) in [7, 11) is 1.31. The fourth-order valence-electron chi connectivity index (χ4n) is 0.931. The molecule has 0 saturated heterocycles. The van der Waals surface area contributed by atoms with Crippen molar-refractivity contribution in [3.05, 3.63) is 11.9 Å². The van der Waals surface area contributed by atoms with Gasteiger partial charge in [-0.05, 0) is 0 Å². The first-order valence-corrected chi connectivity index (χ1v) is 6.30. The van der Waals surface area contributed by atoms with E-state index in [9.17, 15) is 26.0 Å². The van der Waals surface area contributed by atoms with Gasteiger partial charge in [0.05, 0.1) is 7.11 Å². The number of ether oxygens (including phenoxy) is 2. The molecule has 0 atom stereocenters. The monoisotopic (exact) mass is 309 g/mol.